The number of hydrogen-bond donors (Lipinski definition) is 0. The second kappa shape index (κ2) is 2.77. The molecule has 1 aromatic heterocycles. The molecule has 0 N–H and O–H groups in total. The van der Waals surface area contributed by atoms with Gasteiger partial charge in [-0.3, -0.25) is 4.35 Å². The first-order valence-electron chi connectivity index (χ1n) is 3.95. The summed E-state index contributed by atoms with van der Waals surface area (Å²) in [7, 11) is -1.29. The standard InChI is InChI=1S/C7H15N3Si/c1-5-7-6-10(9-8-7)11(2,3)4/h6H,5H2,1-4H3. The van der Waals surface area contributed by atoms with Crippen molar-refractivity contribution in [2.24, 2.45) is 0 Å². The van der Waals surface area contributed by atoms with Crippen LogP contribution in [0.25, 0.3) is 0 Å². The summed E-state index contributed by atoms with van der Waals surface area (Å²) >= 11 is 0. The van der Waals surface area contributed by atoms with E-state index in [1.165, 1.54) is 0 Å². The van der Waals surface area contributed by atoms with Gasteiger partial charge in [0.05, 0.1) is 5.69 Å². The molecule has 1 aromatic rings. The molecule has 0 aliphatic rings. The quantitative estimate of drug-likeness (QED) is 0.628. The van der Waals surface area contributed by atoms with Crippen molar-refractivity contribution in [2.45, 2.75) is 33.0 Å². The summed E-state index contributed by atoms with van der Waals surface area (Å²) in [6, 6.07) is 0. The molecule has 0 radical (unpaired) electrons. The minimum absolute atomic E-state index is 0.977. The van der Waals surface area contributed by atoms with Crippen molar-refractivity contribution < 1.29 is 0 Å². The van der Waals surface area contributed by atoms with Crippen molar-refractivity contribution in [1.29, 1.82) is 0 Å². The highest BCUT2D eigenvalue weighted by Gasteiger charge is 2.17. The van der Waals surface area contributed by atoms with E-state index < -0.39 is 8.24 Å². The Hall–Kier alpha value is -0.643. The molecule has 1 heterocycles. The van der Waals surface area contributed by atoms with Gasteiger partial charge in [-0.2, -0.15) is 0 Å². The van der Waals surface area contributed by atoms with Crippen LogP contribution in [0.2, 0.25) is 19.6 Å². The highest BCUT2D eigenvalue weighted by molar-refractivity contribution is 6.74. The van der Waals surface area contributed by atoms with Gasteiger partial charge in [-0.1, -0.05) is 12.1 Å². The lowest BCUT2D eigenvalue weighted by Gasteiger charge is -2.14. The van der Waals surface area contributed by atoms with Crippen LogP contribution in [0.1, 0.15) is 12.6 Å². The smallest absolute Gasteiger partial charge is 0.178 e. The van der Waals surface area contributed by atoms with E-state index in [1.807, 2.05) is 4.35 Å². The van der Waals surface area contributed by atoms with Crippen molar-refractivity contribution in [2.75, 3.05) is 0 Å². The van der Waals surface area contributed by atoms with Crippen LogP contribution in [0.5, 0.6) is 0 Å². The van der Waals surface area contributed by atoms with E-state index in [9.17, 15) is 0 Å². The molecule has 0 aromatic carbocycles. The van der Waals surface area contributed by atoms with Crippen LogP contribution in [0, 0.1) is 0 Å². The Morgan fingerprint density at radius 1 is 1.45 bits per heavy atom. The van der Waals surface area contributed by atoms with Gasteiger partial charge in [0.25, 0.3) is 0 Å². The summed E-state index contributed by atoms with van der Waals surface area (Å²) in [5.41, 5.74) is 1.09. The van der Waals surface area contributed by atoms with Crippen molar-refractivity contribution in [3.8, 4) is 0 Å². The molecule has 0 unspecified atom stereocenters. The normalized spacial score (nSPS) is 12.0. The molecule has 0 fully saturated rings. The van der Waals surface area contributed by atoms with Gasteiger partial charge in [0.1, 0.15) is 0 Å². The fourth-order valence-corrected chi connectivity index (χ4v) is 1.64. The lowest BCUT2D eigenvalue weighted by Crippen LogP contribution is -2.32. The molecule has 3 nitrogen and oxygen atoms in total. The fraction of sp³-hybridized carbons (Fsp3) is 0.714. The van der Waals surface area contributed by atoms with Crippen LogP contribution in [0.3, 0.4) is 0 Å². The third-order valence-corrected chi connectivity index (χ3v) is 3.18. The average molecular weight is 169 g/mol. The zero-order valence-corrected chi connectivity index (χ0v) is 8.63. The van der Waals surface area contributed by atoms with Crippen LogP contribution in [-0.2, 0) is 6.42 Å². The van der Waals surface area contributed by atoms with Crippen molar-refractivity contribution >= 4 is 8.24 Å². The van der Waals surface area contributed by atoms with E-state index in [1.54, 1.807) is 0 Å². The fourth-order valence-electron chi connectivity index (χ4n) is 0.788. The lowest BCUT2D eigenvalue weighted by atomic mass is 10.4. The molecular weight excluding hydrogens is 154 g/mol. The van der Waals surface area contributed by atoms with Gasteiger partial charge in [-0.15, -0.1) is 5.10 Å². The maximum Gasteiger partial charge on any atom is 0.178 e. The van der Waals surface area contributed by atoms with Gasteiger partial charge < -0.3 is 0 Å². The van der Waals surface area contributed by atoms with E-state index in [0.717, 1.165) is 12.1 Å². The topological polar surface area (TPSA) is 30.7 Å². The summed E-state index contributed by atoms with van der Waals surface area (Å²) in [5.74, 6) is 0. The number of aromatic nitrogens is 3. The molecule has 0 aliphatic heterocycles. The lowest BCUT2D eigenvalue weighted by molar-refractivity contribution is 0.833. The third-order valence-electron chi connectivity index (χ3n) is 1.59. The summed E-state index contributed by atoms with van der Waals surface area (Å²) in [6.07, 6.45) is 3.04. The molecule has 0 aliphatic carbocycles. The second-order valence-electron chi connectivity index (χ2n) is 3.68. The number of aryl methyl sites for hydroxylation is 1. The van der Waals surface area contributed by atoms with Gasteiger partial charge in [0.2, 0.25) is 0 Å². The first kappa shape index (κ1) is 8.45. The Morgan fingerprint density at radius 2 is 2.09 bits per heavy atom. The first-order valence-corrected chi connectivity index (χ1v) is 7.40. The van der Waals surface area contributed by atoms with Crippen molar-refractivity contribution in [3.05, 3.63) is 11.9 Å². The van der Waals surface area contributed by atoms with E-state index >= 15 is 0 Å². The summed E-state index contributed by atoms with van der Waals surface area (Å²) in [4.78, 5) is 0. The Balaban J connectivity index is 2.89. The van der Waals surface area contributed by atoms with Gasteiger partial charge in [0, 0.05) is 6.20 Å². The van der Waals surface area contributed by atoms with Gasteiger partial charge in [0.15, 0.2) is 8.24 Å². The molecule has 1 rings (SSSR count). The highest BCUT2D eigenvalue weighted by Crippen LogP contribution is 2.04. The van der Waals surface area contributed by atoms with Crippen LogP contribution >= 0.6 is 0 Å². The Bertz CT molecular complexity index is 236. The monoisotopic (exact) mass is 169 g/mol. The largest absolute Gasteiger partial charge is 0.282 e. The van der Waals surface area contributed by atoms with Crippen LogP contribution < -0.4 is 0 Å². The second-order valence-corrected chi connectivity index (χ2v) is 8.48. The van der Waals surface area contributed by atoms with Gasteiger partial charge in [-0.25, -0.2) is 0 Å². The molecule has 0 saturated carbocycles. The van der Waals surface area contributed by atoms with E-state index in [4.69, 9.17) is 0 Å². The van der Waals surface area contributed by atoms with Crippen LogP contribution in [0.4, 0.5) is 0 Å². The number of rotatable bonds is 2. The summed E-state index contributed by atoms with van der Waals surface area (Å²) in [6.45, 7) is 8.85. The molecule has 11 heavy (non-hydrogen) atoms. The molecule has 0 amide bonds. The van der Waals surface area contributed by atoms with E-state index in [-0.39, 0.29) is 0 Å². The van der Waals surface area contributed by atoms with Crippen molar-refractivity contribution in [3.63, 3.8) is 0 Å². The Morgan fingerprint density at radius 3 is 2.36 bits per heavy atom. The van der Waals surface area contributed by atoms with Crippen LogP contribution in [-0.4, -0.2) is 22.9 Å². The van der Waals surface area contributed by atoms with E-state index in [2.05, 4.69) is 43.1 Å². The predicted molar refractivity (Wildman–Crippen MR) is 48.1 cm³/mol. The molecule has 0 atom stereocenters. The SMILES string of the molecule is CCc1cn([Si](C)(C)C)nn1. The van der Waals surface area contributed by atoms with Crippen molar-refractivity contribution in [1.82, 2.24) is 14.7 Å². The van der Waals surface area contributed by atoms with Crippen LogP contribution in [0.15, 0.2) is 6.20 Å². The average Bonchev–Trinajstić information content (AvgIpc) is 2.32. The van der Waals surface area contributed by atoms with E-state index in [0.29, 0.717) is 0 Å². The molecule has 0 spiro atoms. The molecule has 4 heteroatoms. The molecule has 0 bridgehead atoms. The molecule has 62 valence electrons. The first-order chi connectivity index (χ1) is 5.04. The maximum absolute atomic E-state index is 4.09. The van der Waals surface area contributed by atoms with Gasteiger partial charge >= 0.3 is 0 Å². The third kappa shape index (κ3) is 1.89. The summed E-state index contributed by atoms with van der Waals surface area (Å²) in [5, 5.41) is 8.14. The maximum atomic E-state index is 4.09. The molecule has 0 saturated heterocycles. The minimum Gasteiger partial charge on any atom is -0.282 e. The Kier molecular flexibility index (Phi) is 2.13. The zero-order valence-electron chi connectivity index (χ0n) is 7.63. The zero-order chi connectivity index (χ0) is 8.48. The number of nitrogens with zero attached hydrogens (tertiary/aromatic N) is 3. The number of hydrogen-bond acceptors (Lipinski definition) is 2. The van der Waals surface area contributed by atoms with Gasteiger partial charge in [-0.05, 0) is 26.1 Å². The Labute approximate surface area is 68.5 Å². The molecular formula is C7H15N3Si. The summed E-state index contributed by atoms with van der Waals surface area (Å²) < 4.78 is 2.03. The highest BCUT2D eigenvalue weighted by atomic mass is 28.3. The minimum atomic E-state index is -1.29. The predicted octanol–water partition coefficient (Wildman–Crippen LogP) is 1.52.